The highest BCUT2D eigenvalue weighted by molar-refractivity contribution is 7.89. The first kappa shape index (κ1) is 23.1. The smallest absolute Gasteiger partial charge is 0.253 e. The summed E-state index contributed by atoms with van der Waals surface area (Å²) in [4.78, 5) is 14.9. The van der Waals surface area contributed by atoms with E-state index in [-0.39, 0.29) is 41.6 Å². The summed E-state index contributed by atoms with van der Waals surface area (Å²) in [5, 5.41) is 0. The number of likely N-dealkylation sites (tertiary alicyclic amines) is 1. The van der Waals surface area contributed by atoms with Crippen LogP contribution in [0.25, 0.3) is 0 Å². The number of rotatable bonds is 7. The number of hydrogen-bond acceptors (Lipinski definition) is 4. The third-order valence-electron chi connectivity index (χ3n) is 5.07. The van der Waals surface area contributed by atoms with Crippen molar-refractivity contribution in [3.05, 3.63) is 78.4 Å². The molecule has 0 unspecified atom stereocenters. The molecule has 2 atom stereocenters. The largest absolute Gasteiger partial charge is 0.338 e. The van der Waals surface area contributed by atoms with Gasteiger partial charge < -0.3 is 10.6 Å². The maximum absolute atomic E-state index is 13.0. The van der Waals surface area contributed by atoms with Gasteiger partial charge >= 0.3 is 0 Å². The molecule has 1 aliphatic heterocycles. The van der Waals surface area contributed by atoms with Crippen LogP contribution in [0.4, 0.5) is 0 Å². The molecule has 3 N–H and O–H groups in total. The van der Waals surface area contributed by atoms with Crippen LogP contribution in [-0.2, 0) is 10.0 Å². The number of amides is 1. The number of nitrogens with two attached hydrogens (primary N) is 1. The molecule has 1 fully saturated rings. The first-order valence-corrected chi connectivity index (χ1v) is 10.7. The van der Waals surface area contributed by atoms with Crippen molar-refractivity contribution in [1.29, 1.82) is 0 Å². The lowest BCUT2D eigenvalue weighted by atomic mass is 9.89. The van der Waals surface area contributed by atoms with Gasteiger partial charge in [-0.25, -0.2) is 13.1 Å². The number of carbonyl (C=O) groups is 1. The molecule has 0 radical (unpaired) electrons. The Hall–Kier alpha value is -2.19. The van der Waals surface area contributed by atoms with Crippen LogP contribution in [0, 0.1) is 5.92 Å². The molecule has 1 amide bonds. The normalized spacial score (nSPS) is 18.9. The quantitative estimate of drug-likeness (QED) is 0.653. The Morgan fingerprint density at radius 1 is 1.17 bits per heavy atom. The van der Waals surface area contributed by atoms with E-state index in [1.165, 1.54) is 23.8 Å². The molecule has 1 heterocycles. The van der Waals surface area contributed by atoms with E-state index in [9.17, 15) is 13.2 Å². The Labute approximate surface area is 178 Å². The highest BCUT2D eigenvalue weighted by atomic mass is 35.5. The number of benzene rings is 2. The van der Waals surface area contributed by atoms with Crippen molar-refractivity contribution in [2.45, 2.75) is 10.8 Å². The monoisotopic (exact) mass is 435 g/mol. The second-order valence-electron chi connectivity index (χ2n) is 6.89. The molecule has 1 saturated heterocycles. The van der Waals surface area contributed by atoms with E-state index in [0.29, 0.717) is 25.2 Å². The Morgan fingerprint density at radius 2 is 1.90 bits per heavy atom. The molecule has 156 valence electrons. The minimum absolute atomic E-state index is 0. The van der Waals surface area contributed by atoms with Gasteiger partial charge in [0.05, 0.1) is 4.90 Å². The van der Waals surface area contributed by atoms with Crippen molar-refractivity contribution in [1.82, 2.24) is 9.62 Å². The molecule has 0 bridgehead atoms. The minimum Gasteiger partial charge on any atom is -0.338 e. The molecule has 0 aromatic heterocycles. The third kappa shape index (κ3) is 5.25. The Kier molecular flexibility index (Phi) is 7.98. The molecule has 0 aliphatic carbocycles. The highest BCUT2D eigenvalue weighted by Crippen LogP contribution is 2.33. The van der Waals surface area contributed by atoms with E-state index >= 15 is 0 Å². The Morgan fingerprint density at radius 3 is 2.55 bits per heavy atom. The summed E-state index contributed by atoms with van der Waals surface area (Å²) in [7, 11) is -3.68. The van der Waals surface area contributed by atoms with Crippen LogP contribution in [0.3, 0.4) is 0 Å². The number of carbonyl (C=O) groups excluding carboxylic acids is 1. The summed E-state index contributed by atoms with van der Waals surface area (Å²) < 4.78 is 27.1. The molecule has 0 saturated carbocycles. The lowest BCUT2D eigenvalue weighted by Gasteiger charge is -2.17. The molecule has 2 aromatic rings. The van der Waals surface area contributed by atoms with E-state index < -0.39 is 10.0 Å². The van der Waals surface area contributed by atoms with Gasteiger partial charge in [0.2, 0.25) is 10.0 Å². The predicted octanol–water partition coefficient (Wildman–Crippen LogP) is 2.39. The fourth-order valence-electron chi connectivity index (χ4n) is 3.58. The lowest BCUT2D eigenvalue weighted by molar-refractivity contribution is 0.0786. The van der Waals surface area contributed by atoms with Crippen LogP contribution in [0.15, 0.2) is 72.1 Å². The molecule has 1 aliphatic rings. The Bertz CT molecular complexity index is 951. The molecular formula is C21H26ClN3O3S. The van der Waals surface area contributed by atoms with E-state index in [0.717, 1.165) is 0 Å². The zero-order valence-corrected chi connectivity index (χ0v) is 17.7. The predicted molar refractivity (Wildman–Crippen MR) is 117 cm³/mol. The van der Waals surface area contributed by atoms with E-state index in [1.54, 1.807) is 17.0 Å². The number of nitrogens with one attached hydrogen (secondary N) is 1. The van der Waals surface area contributed by atoms with Crippen LogP contribution < -0.4 is 10.5 Å². The topological polar surface area (TPSA) is 92.5 Å². The van der Waals surface area contributed by atoms with Gasteiger partial charge in [0.1, 0.15) is 0 Å². The van der Waals surface area contributed by atoms with Crippen LogP contribution in [0.5, 0.6) is 0 Å². The van der Waals surface area contributed by atoms with Gasteiger partial charge in [0.25, 0.3) is 5.91 Å². The summed E-state index contributed by atoms with van der Waals surface area (Å²) in [6, 6.07) is 16.2. The number of hydrogen-bond donors (Lipinski definition) is 2. The molecule has 3 rings (SSSR count). The fraction of sp³-hybridized carbons (Fsp3) is 0.286. The molecule has 29 heavy (non-hydrogen) atoms. The summed E-state index contributed by atoms with van der Waals surface area (Å²) in [5.74, 6) is 0.168. The van der Waals surface area contributed by atoms with Crippen LogP contribution in [0.1, 0.15) is 21.8 Å². The standard InChI is InChI=1S/C21H25N3O3S.ClH/c1-2-11-23-28(26,27)19-10-6-9-17(12-19)21(25)24-14-18(13-22)20(15-24)16-7-4-3-5-8-16;/h2-10,12,18,20,23H,1,11,13-15,22H2;1H/t18-,20+;/m1./s1. The third-order valence-corrected chi connectivity index (χ3v) is 6.49. The van der Waals surface area contributed by atoms with Crippen molar-refractivity contribution in [2.75, 3.05) is 26.2 Å². The molecule has 6 nitrogen and oxygen atoms in total. The van der Waals surface area contributed by atoms with Gasteiger partial charge in [-0.1, -0.05) is 42.5 Å². The number of nitrogens with zero attached hydrogens (tertiary/aromatic N) is 1. The average Bonchev–Trinajstić information content (AvgIpc) is 3.17. The van der Waals surface area contributed by atoms with Crippen molar-refractivity contribution in [3.8, 4) is 0 Å². The second kappa shape index (κ2) is 10.0. The van der Waals surface area contributed by atoms with Gasteiger partial charge in [0, 0.05) is 31.1 Å². The first-order valence-electron chi connectivity index (χ1n) is 9.21. The zero-order valence-electron chi connectivity index (χ0n) is 16.0. The summed E-state index contributed by atoms with van der Waals surface area (Å²) >= 11 is 0. The van der Waals surface area contributed by atoms with Gasteiger partial charge in [0.15, 0.2) is 0 Å². The van der Waals surface area contributed by atoms with E-state index in [4.69, 9.17) is 5.73 Å². The minimum atomic E-state index is -3.68. The van der Waals surface area contributed by atoms with Gasteiger partial charge in [-0.2, -0.15) is 0 Å². The molecular weight excluding hydrogens is 410 g/mol. The average molecular weight is 436 g/mol. The maximum atomic E-state index is 13.0. The summed E-state index contributed by atoms with van der Waals surface area (Å²) in [5.41, 5.74) is 7.47. The van der Waals surface area contributed by atoms with Crippen LogP contribution >= 0.6 is 12.4 Å². The first-order chi connectivity index (χ1) is 13.5. The van der Waals surface area contributed by atoms with Crippen molar-refractivity contribution in [2.24, 2.45) is 11.7 Å². The van der Waals surface area contributed by atoms with Crippen molar-refractivity contribution >= 4 is 28.3 Å². The maximum Gasteiger partial charge on any atom is 0.253 e. The van der Waals surface area contributed by atoms with Crippen LogP contribution in [0.2, 0.25) is 0 Å². The molecule has 0 spiro atoms. The van der Waals surface area contributed by atoms with Crippen molar-refractivity contribution < 1.29 is 13.2 Å². The molecule has 8 heteroatoms. The lowest BCUT2D eigenvalue weighted by Crippen LogP contribution is -2.30. The Balaban J connectivity index is 0.00000300. The van der Waals surface area contributed by atoms with Crippen LogP contribution in [-0.4, -0.2) is 45.4 Å². The fourth-order valence-corrected chi connectivity index (χ4v) is 4.63. The summed E-state index contributed by atoms with van der Waals surface area (Å²) in [6.07, 6.45) is 1.47. The van der Waals surface area contributed by atoms with E-state index in [1.807, 2.05) is 18.2 Å². The second-order valence-corrected chi connectivity index (χ2v) is 8.66. The summed E-state index contributed by atoms with van der Waals surface area (Å²) in [6.45, 7) is 5.24. The molecule has 2 aromatic carbocycles. The zero-order chi connectivity index (χ0) is 20.1. The highest BCUT2D eigenvalue weighted by Gasteiger charge is 2.35. The van der Waals surface area contributed by atoms with Gasteiger partial charge in [-0.3, -0.25) is 4.79 Å². The van der Waals surface area contributed by atoms with Gasteiger partial charge in [-0.15, -0.1) is 19.0 Å². The SMILES string of the molecule is C=CCNS(=O)(=O)c1cccc(C(=O)N2C[C@@H](CN)[C@H](c3ccccc3)C2)c1.Cl. The van der Waals surface area contributed by atoms with Crippen molar-refractivity contribution in [3.63, 3.8) is 0 Å². The number of halogens is 1. The van der Waals surface area contributed by atoms with E-state index in [2.05, 4.69) is 23.4 Å². The number of sulfonamides is 1. The van der Waals surface area contributed by atoms with Gasteiger partial charge in [-0.05, 0) is 36.2 Å².